The number of nitrogens with zero attached hydrogens (tertiary/aromatic N) is 1. The van der Waals surface area contributed by atoms with E-state index in [1.54, 1.807) is 0 Å². The van der Waals surface area contributed by atoms with Crippen LogP contribution in [-0.4, -0.2) is 5.16 Å². The molecule has 0 bridgehead atoms. The Morgan fingerprint density at radius 3 is 1.77 bits per heavy atom. The van der Waals surface area contributed by atoms with Crippen molar-refractivity contribution < 1.29 is 4.52 Å². The van der Waals surface area contributed by atoms with Gasteiger partial charge in [-0.2, -0.15) is 0 Å². The van der Waals surface area contributed by atoms with Crippen LogP contribution in [0.15, 0.2) is 10.6 Å². The second-order valence-electron chi connectivity index (χ2n) is 6.82. The first-order chi connectivity index (χ1) is 10.8. The summed E-state index contributed by atoms with van der Waals surface area (Å²) in [6, 6.07) is 2.15. The predicted molar refractivity (Wildman–Crippen MR) is 95.4 cm³/mol. The molecule has 128 valence electrons. The van der Waals surface area contributed by atoms with Crippen LogP contribution in [0.2, 0.25) is 0 Å². The minimum atomic E-state index is 0.616. The van der Waals surface area contributed by atoms with Crippen molar-refractivity contribution in [3.63, 3.8) is 0 Å². The molecule has 2 heteroatoms. The van der Waals surface area contributed by atoms with Crippen molar-refractivity contribution in [3.8, 4) is 0 Å². The SMILES string of the molecule is CCCCCCCCC(CCCCCCC)c1cc(C)on1. The molecule has 0 N–H and O–H groups in total. The molecule has 1 atom stereocenters. The van der Waals surface area contributed by atoms with Crippen LogP contribution in [0.1, 0.15) is 115 Å². The van der Waals surface area contributed by atoms with E-state index >= 15 is 0 Å². The van der Waals surface area contributed by atoms with Crippen LogP contribution in [0.5, 0.6) is 0 Å². The molecule has 0 radical (unpaired) electrons. The van der Waals surface area contributed by atoms with Crippen molar-refractivity contribution in [1.29, 1.82) is 0 Å². The molecule has 0 aliphatic rings. The first kappa shape index (κ1) is 19.3. The van der Waals surface area contributed by atoms with Crippen molar-refractivity contribution in [3.05, 3.63) is 17.5 Å². The van der Waals surface area contributed by atoms with Gasteiger partial charge in [0.2, 0.25) is 0 Å². The normalized spacial score (nSPS) is 12.7. The van der Waals surface area contributed by atoms with Gasteiger partial charge in [-0.1, -0.05) is 89.6 Å². The minimum Gasteiger partial charge on any atom is -0.361 e. The maximum atomic E-state index is 5.30. The molecule has 1 unspecified atom stereocenters. The zero-order chi connectivity index (χ0) is 16.0. The van der Waals surface area contributed by atoms with Gasteiger partial charge in [0.25, 0.3) is 0 Å². The molecule has 0 fully saturated rings. The summed E-state index contributed by atoms with van der Waals surface area (Å²) in [4.78, 5) is 0. The molecule has 0 aromatic carbocycles. The Morgan fingerprint density at radius 1 is 0.818 bits per heavy atom. The molecule has 0 aliphatic heterocycles. The van der Waals surface area contributed by atoms with Crippen LogP contribution >= 0.6 is 0 Å². The monoisotopic (exact) mass is 307 g/mol. The Labute approximate surface area is 138 Å². The Morgan fingerprint density at radius 2 is 1.32 bits per heavy atom. The van der Waals surface area contributed by atoms with Crippen molar-refractivity contribution in [2.75, 3.05) is 0 Å². The van der Waals surface area contributed by atoms with Crippen LogP contribution in [0.4, 0.5) is 0 Å². The van der Waals surface area contributed by atoms with Gasteiger partial charge in [-0.3, -0.25) is 0 Å². The van der Waals surface area contributed by atoms with Gasteiger partial charge in [0.15, 0.2) is 0 Å². The van der Waals surface area contributed by atoms with Crippen LogP contribution in [0, 0.1) is 6.92 Å². The first-order valence-corrected chi connectivity index (χ1v) is 9.71. The third kappa shape index (κ3) is 8.60. The molecule has 1 rings (SSSR count). The van der Waals surface area contributed by atoms with E-state index < -0.39 is 0 Å². The van der Waals surface area contributed by atoms with Gasteiger partial charge in [0.1, 0.15) is 5.76 Å². The quantitative estimate of drug-likeness (QED) is 0.340. The Bertz CT molecular complexity index is 358. The van der Waals surface area contributed by atoms with E-state index in [-0.39, 0.29) is 0 Å². The van der Waals surface area contributed by atoms with Gasteiger partial charge < -0.3 is 4.52 Å². The fourth-order valence-electron chi connectivity index (χ4n) is 3.18. The second-order valence-corrected chi connectivity index (χ2v) is 6.82. The van der Waals surface area contributed by atoms with E-state index in [2.05, 4.69) is 25.1 Å². The van der Waals surface area contributed by atoms with Crippen molar-refractivity contribution in [1.82, 2.24) is 5.16 Å². The number of aromatic nitrogens is 1. The maximum Gasteiger partial charge on any atom is 0.133 e. The van der Waals surface area contributed by atoms with Gasteiger partial charge in [-0.05, 0) is 19.8 Å². The molecule has 2 nitrogen and oxygen atoms in total. The average molecular weight is 308 g/mol. The highest BCUT2D eigenvalue weighted by Crippen LogP contribution is 2.28. The number of hydrogen-bond donors (Lipinski definition) is 0. The lowest BCUT2D eigenvalue weighted by atomic mass is 9.91. The molecule has 0 saturated heterocycles. The van der Waals surface area contributed by atoms with Crippen LogP contribution in [0.25, 0.3) is 0 Å². The first-order valence-electron chi connectivity index (χ1n) is 9.71. The van der Waals surface area contributed by atoms with Gasteiger partial charge in [-0.15, -0.1) is 0 Å². The predicted octanol–water partition coefficient (Wildman–Crippen LogP) is 7.18. The number of unbranched alkanes of at least 4 members (excludes halogenated alkanes) is 9. The fraction of sp³-hybridized carbons (Fsp3) is 0.850. The highest BCUT2D eigenvalue weighted by Gasteiger charge is 2.15. The number of hydrogen-bond acceptors (Lipinski definition) is 2. The standard InChI is InChI=1S/C20H37NO/c1-4-6-8-10-12-14-16-19(15-13-11-9-7-5-2)20-17-18(3)22-21-20/h17,19H,4-16H2,1-3H3. The molecule has 0 aliphatic carbocycles. The summed E-state index contributed by atoms with van der Waals surface area (Å²) in [7, 11) is 0. The highest BCUT2D eigenvalue weighted by molar-refractivity contribution is 5.09. The van der Waals surface area contributed by atoms with Crippen LogP contribution < -0.4 is 0 Å². The van der Waals surface area contributed by atoms with Crippen molar-refractivity contribution >= 4 is 0 Å². The topological polar surface area (TPSA) is 26.0 Å². The third-order valence-electron chi connectivity index (χ3n) is 4.63. The summed E-state index contributed by atoms with van der Waals surface area (Å²) in [5.74, 6) is 1.57. The molecular weight excluding hydrogens is 270 g/mol. The summed E-state index contributed by atoms with van der Waals surface area (Å²) in [6.07, 6.45) is 17.6. The molecule has 22 heavy (non-hydrogen) atoms. The van der Waals surface area contributed by atoms with Gasteiger partial charge in [0.05, 0.1) is 5.69 Å². The molecule has 1 aromatic heterocycles. The lowest BCUT2D eigenvalue weighted by molar-refractivity contribution is 0.376. The number of rotatable bonds is 14. The summed E-state index contributed by atoms with van der Waals surface area (Å²) < 4.78 is 5.30. The van der Waals surface area contributed by atoms with E-state index in [1.165, 1.54) is 89.2 Å². The Hall–Kier alpha value is -0.790. The lowest BCUT2D eigenvalue weighted by Crippen LogP contribution is -2.00. The minimum absolute atomic E-state index is 0.616. The van der Waals surface area contributed by atoms with E-state index in [4.69, 9.17) is 4.52 Å². The lowest BCUT2D eigenvalue weighted by Gasteiger charge is -2.14. The maximum absolute atomic E-state index is 5.30. The Kier molecular flexibility index (Phi) is 11.1. The summed E-state index contributed by atoms with van der Waals surface area (Å²) in [6.45, 7) is 6.56. The van der Waals surface area contributed by atoms with Crippen LogP contribution in [-0.2, 0) is 0 Å². The van der Waals surface area contributed by atoms with Crippen LogP contribution in [0.3, 0.4) is 0 Å². The zero-order valence-electron chi connectivity index (χ0n) is 15.2. The van der Waals surface area contributed by atoms with Gasteiger partial charge in [0, 0.05) is 12.0 Å². The molecule has 0 spiro atoms. The molecule has 1 aromatic rings. The van der Waals surface area contributed by atoms with E-state index in [0.29, 0.717) is 5.92 Å². The summed E-state index contributed by atoms with van der Waals surface area (Å²) >= 11 is 0. The Balaban J connectivity index is 2.28. The van der Waals surface area contributed by atoms with Crippen molar-refractivity contribution in [2.45, 2.75) is 110 Å². The molecular formula is C20H37NO. The van der Waals surface area contributed by atoms with Crippen molar-refractivity contribution in [2.24, 2.45) is 0 Å². The zero-order valence-corrected chi connectivity index (χ0v) is 15.2. The smallest absolute Gasteiger partial charge is 0.133 e. The van der Waals surface area contributed by atoms with Gasteiger partial charge >= 0.3 is 0 Å². The number of aryl methyl sites for hydroxylation is 1. The molecule has 1 heterocycles. The average Bonchev–Trinajstić information content (AvgIpc) is 2.94. The third-order valence-corrected chi connectivity index (χ3v) is 4.63. The summed E-state index contributed by atoms with van der Waals surface area (Å²) in [5, 5.41) is 4.28. The van der Waals surface area contributed by atoms with E-state index in [0.717, 1.165) is 5.76 Å². The van der Waals surface area contributed by atoms with E-state index in [9.17, 15) is 0 Å². The largest absolute Gasteiger partial charge is 0.361 e. The second kappa shape index (κ2) is 12.7. The van der Waals surface area contributed by atoms with E-state index in [1.807, 2.05) is 6.92 Å². The molecule has 0 amide bonds. The van der Waals surface area contributed by atoms with Gasteiger partial charge in [-0.25, -0.2) is 0 Å². The summed E-state index contributed by atoms with van der Waals surface area (Å²) in [5.41, 5.74) is 1.20. The highest BCUT2D eigenvalue weighted by atomic mass is 16.5. The molecule has 0 saturated carbocycles. The fourth-order valence-corrected chi connectivity index (χ4v) is 3.18.